The van der Waals surface area contributed by atoms with Crippen LogP contribution in [0.3, 0.4) is 0 Å². The summed E-state index contributed by atoms with van der Waals surface area (Å²) in [5.41, 5.74) is 8.24. The zero-order valence-corrected chi connectivity index (χ0v) is 19.8. The Morgan fingerprint density at radius 1 is 1.23 bits per heavy atom. The van der Waals surface area contributed by atoms with Crippen LogP contribution in [-0.4, -0.2) is 30.0 Å². The van der Waals surface area contributed by atoms with Crippen LogP contribution in [-0.2, 0) is 4.74 Å². The maximum atomic E-state index is 10.2. The van der Waals surface area contributed by atoms with Gasteiger partial charge in [-0.15, -0.1) is 0 Å². The third-order valence-electron chi connectivity index (χ3n) is 11.0. The highest BCUT2D eigenvalue weighted by Crippen LogP contribution is 2.69. The molecule has 1 aliphatic heterocycles. The molecule has 0 radical (unpaired) electrons. The van der Waals surface area contributed by atoms with E-state index in [0.717, 1.165) is 43.1 Å². The zero-order chi connectivity index (χ0) is 21.3. The zero-order valence-electron chi connectivity index (χ0n) is 19.8. The number of aliphatic hydroxyl groups excluding tert-OH is 1. The number of rotatable bonds is 4. The van der Waals surface area contributed by atoms with Crippen molar-refractivity contribution in [2.45, 2.75) is 104 Å². The fourth-order valence-corrected chi connectivity index (χ4v) is 9.23. The minimum Gasteiger partial charge on any atom is -0.393 e. The van der Waals surface area contributed by atoms with E-state index in [9.17, 15) is 5.11 Å². The van der Waals surface area contributed by atoms with E-state index in [4.69, 9.17) is 10.5 Å². The Balaban J connectivity index is 1.34. The summed E-state index contributed by atoms with van der Waals surface area (Å²) in [6.07, 6.45) is 14.2. The molecule has 0 aromatic rings. The third kappa shape index (κ3) is 3.09. The lowest BCUT2D eigenvalue weighted by molar-refractivity contribution is -0.0589. The van der Waals surface area contributed by atoms with Gasteiger partial charge >= 0.3 is 0 Å². The lowest BCUT2D eigenvalue weighted by Gasteiger charge is -2.58. The number of fused-ring (bicyclic) bond motifs is 7. The minimum atomic E-state index is -0.103. The van der Waals surface area contributed by atoms with Gasteiger partial charge in [0.2, 0.25) is 0 Å². The molecule has 0 aromatic carbocycles. The summed E-state index contributed by atoms with van der Waals surface area (Å²) in [6, 6.07) is 0. The highest BCUT2D eigenvalue weighted by molar-refractivity contribution is 5.26. The van der Waals surface area contributed by atoms with Gasteiger partial charge in [-0.2, -0.15) is 0 Å². The number of allylic oxidation sites excluding steroid dienone is 1. The fraction of sp³-hybridized carbons (Fsp3) is 0.926. The van der Waals surface area contributed by atoms with Crippen molar-refractivity contribution in [3.05, 3.63) is 11.6 Å². The minimum absolute atomic E-state index is 0.103. The number of ether oxygens (including phenoxy) is 1. The Kier molecular flexibility index (Phi) is 5.43. The van der Waals surface area contributed by atoms with Gasteiger partial charge in [0.1, 0.15) is 0 Å². The van der Waals surface area contributed by atoms with Crippen LogP contribution in [0.1, 0.15) is 85.5 Å². The van der Waals surface area contributed by atoms with Gasteiger partial charge in [-0.3, -0.25) is 0 Å². The van der Waals surface area contributed by atoms with E-state index in [1.807, 2.05) is 0 Å². The van der Waals surface area contributed by atoms with E-state index in [1.54, 1.807) is 5.57 Å². The van der Waals surface area contributed by atoms with Gasteiger partial charge in [-0.05, 0) is 111 Å². The first-order valence-electron chi connectivity index (χ1n) is 13.0. The van der Waals surface area contributed by atoms with E-state index >= 15 is 0 Å². The summed E-state index contributed by atoms with van der Waals surface area (Å²) in [5.74, 6) is 4.50. The number of aliphatic hydroxyl groups is 1. The lowest BCUT2D eigenvalue weighted by Crippen LogP contribution is -2.51. The molecule has 11 atom stereocenters. The molecule has 4 aliphatic carbocycles. The van der Waals surface area contributed by atoms with E-state index in [2.05, 4.69) is 33.8 Å². The van der Waals surface area contributed by atoms with Crippen LogP contribution in [0.25, 0.3) is 0 Å². The van der Waals surface area contributed by atoms with Gasteiger partial charge in [0, 0.05) is 0 Å². The smallest absolute Gasteiger partial charge is 0.0618 e. The Bertz CT molecular complexity index is 690. The molecule has 11 unspecified atom stereocenters. The molecule has 5 aliphatic rings. The van der Waals surface area contributed by atoms with Crippen LogP contribution in [0, 0.1) is 46.3 Å². The van der Waals surface area contributed by atoms with Gasteiger partial charge in [0.15, 0.2) is 0 Å². The summed E-state index contributed by atoms with van der Waals surface area (Å²) >= 11 is 0. The summed E-state index contributed by atoms with van der Waals surface area (Å²) in [5, 5.41) is 10.2. The molecule has 0 aromatic heterocycles. The summed E-state index contributed by atoms with van der Waals surface area (Å²) < 4.78 is 6.79. The SMILES string of the molecule is CC(CN)CCC1OC2CC3C4CC=C5CC(O)CCC5(C)C4CCC3(C)C2C1C. The molecule has 3 saturated carbocycles. The van der Waals surface area contributed by atoms with Crippen molar-refractivity contribution < 1.29 is 9.84 Å². The quantitative estimate of drug-likeness (QED) is 0.611. The number of nitrogens with two attached hydrogens (primary N) is 1. The summed E-state index contributed by atoms with van der Waals surface area (Å²) in [4.78, 5) is 0. The second-order valence-electron chi connectivity index (χ2n) is 12.5. The van der Waals surface area contributed by atoms with E-state index in [0.29, 0.717) is 34.9 Å². The predicted molar refractivity (Wildman–Crippen MR) is 122 cm³/mol. The standard InChI is InChI=1S/C27H45NO2/c1-16(15-28)5-8-23-17(2)25-24(30-23)14-22-20-7-6-18-13-19(29)9-11-26(18,3)21(20)10-12-27(22,25)4/h6,16-17,19-25,29H,5,7-15,28H2,1-4H3. The summed E-state index contributed by atoms with van der Waals surface area (Å²) in [7, 11) is 0. The van der Waals surface area contributed by atoms with Crippen LogP contribution < -0.4 is 5.73 Å². The molecule has 5 rings (SSSR count). The molecule has 3 N–H and O–H groups in total. The molecule has 1 saturated heterocycles. The fourth-order valence-electron chi connectivity index (χ4n) is 9.23. The van der Waals surface area contributed by atoms with Crippen LogP contribution in [0.5, 0.6) is 0 Å². The van der Waals surface area contributed by atoms with E-state index in [-0.39, 0.29) is 6.10 Å². The first kappa shape index (κ1) is 21.5. The van der Waals surface area contributed by atoms with Crippen LogP contribution in [0.15, 0.2) is 11.6 Å². The average molecular weight is 416 g/mol. The van der Waals surface area contributed by atoms with Gasteiger partial charge in [0.05, 0.1) is 18.3 Å². The molecule has 3 nitrogen and oxygen atoms in total. The Morgan fingerprint density at radius 3 is 2.80 bits per heavy atom. The highest BCUT2D eigenvalue weighted by atomic mass is 16.5. The third-order valence-corrected chi connectivity index (χ3v) is 11.0. The van der Waals surface area contributed by atoms with Crippen LogP contribution in [0.2, 0.25) is 0 Å². The van der Waals surface area contributed by atoms with Gasteiger partial charge in [-0.1, -0.05) is 39.3 Å². The van der Waals surface area contributed by atoms with Crippen LogP contribution >= 0.6 is 0 Å². The van der Waals surface area contributed by atoms with Crippen LogP contribution in [0.4, 0.5) is 0 Å². The van der Waals surface area contributed by atoms with Crippen molar-refractivity contribution in [2.75, 3.05) is 6.54 Å². The second kappa shape index (κ2) is 7.59. The van der Waals surface area contributed by atoms with Crippen molar-refractivity contribution >= 4 is 0 Å². The average Bonchev–Trinajstić information content (AvgIpc) is 3.20. The second-order valence-corrected chi connectivity index (χ2v) is 12.5. The highest BCUT2D eigenvalue weighted by Gasteiger charge is 2.64. The maximum Gasteiger partial charge on any atom is 0.0618 e. The Hall–Kier alpha value is -0.380. The van der Waals surface area contributed by atoms with Crippen molar-refractivity contribution in [3.8, 4) is 0 Å². The first-order chi connectivity index (χ1) is 14.3. The Morgan fingerprint density at radius 2 is 2.03 bits per heavy atom. The largest absolute Gasteiger partial charge is 0.393 e. The van der Waals surface area contributed by atoms with Gasteiger partial charge in [-0.25, -0.2) is 0 Å². The lowest BCUT2D eigenvalue weighted by atomic mass is 9.47. The topological polar surface area (TPSA) is 55.5 Å². The molecule has 0 amide bonds. The molecular weight excluding hydrogens is 370 g/mol. The normalized spacial score (nSPS) is 53.3. The van der Waals surface area contributed by atoms with E-state index in [1.165, 1.54) is 44.9 Å². The molecule has 4 fully saturated rings. The molecular formula is C27H45NO2. The Labute approximate surface area is 184 Å². The first-order valence-corrected chi connectivity index (χ1v) is 13.0. The van der Waals surface area contributed by atoms with Crippen molar-refractivity contribution in [2.24, 2.45) is 52.1 Å². The summed E-state index contributed by atoms with van der Waals surface area (Å²) in [6.45, 7) is 10.7. The molecule has 1 heterocycles. The van der Waals surface area contributed by atoms with Crippen molar-refractivity contribution in [3.63, 3.8) is 0 Å². The molecule has 0 spiro atoms. The monoisotopic (exact) mass is 415 g/mol. The number of hydrogen-bond acceptors (Lipinski definition) is 3. The van der Waals surface area contributed by atoms with Crippen molar-refractivity contribution in [1.29, 1.82) is 0 Å². The predicted octanol–water partition coefficient (Wildman–Crippen LogP) is 5.31. The van der Waals surface area contributed by atoms with Gasteiger partial charge in [0.25, 0.3) is 0 Å². The van der Waals surface area contributed by atoms with Crippen molar-refractivity contribution in [1.82, 2.24) is 0 Å². The van der Waals surface area contributed by atoms with Gasteiger partial charge < -0.3 is 15.6 Å². The molecule has 30 heavy (non-hydrogen) atoms. The van der Waals surface area contributed by atoms with E-state index < -0.39 is 0 Å². The molecule has 0 bridgehead atoms. The molecule has 3 heteroatoms. The molecule has 170 valence electrons. The maximum absolute atomic E-state index is 10.2. The number of hydrogen-bond donors (Lipinski definition) is 2.